The summed E-state index contributed by atoms with van der Waals surface area (Å²) >= 11 is 12.4. The van der Waals surface area contributed by atoms with Crippen molar-refractivity contribution in [2.24, 2.45) is 0 Å². The van der Waals surface area contributed by atoms with Gasteiger partial charge in [-0.3, -0.25) is 19.8 Å². The Hall–Kier alpha value is -3.13. The van der Waals surface area contributed by atoms with E-state index < -0.39 is 17.5 Å². The summed E-state index contributed by atoms with van der Waals surface area (Å²) in [6, 6.07) is 18.5. The molecule has 0 unspecified atom stereocenters. The molecule has 2 heterocycles. The Labute approximate surface area is 206 Å². The molecule has 3 atom stereocenters. The molecule has 1 saturated heterocycles. The van der Waals surface area contributed by atoms with Crippen LogP contribution < -0.4 is 10.1 Å². The average molecular weight is 498 g/mol. The minimum atomic E-state index is -1.39. The van der Waals surface area contributed by atoms with E-state index in [0.717, 1.165) is 5.56 Å². The van der Waals surface area contributed by atoms with Gasteiger partial charge in [0.1, 0.15) is 12.4 Å². The summed E-state index contributed by atoms with van der Waals surface area (Å²) in [5.41, 5.74) is 1.47. The molecule has 7 nitrogen and oxygen atoms in total. The van der Waals surface area contributed by atoms with Gasteiger partial charge in [0.15, 0.2) is 5.54 Å². The maximum absolute atomic E-state index is 13.2. The number of rotatable bonds is 5. The smallest absolute Gasteiger partial charge is 0.256 e. The average Bonchev–Trinajstić information content (AvgIpc) is 3.29. The van der Waals surface area contributed by atoms with Gasteiger partial charge in [0, 0.05) is 27.7 Å². The van der Waals surface area contributed by atoms with Crippen LogP contribution in [-0.4, -0.2) is 35.4 Å². The number of benzene rings is 3. The van der Waals surface area contributed by atoms with E-state index in [9.17, 15) is 14.9 Å². The van der Waals surface area contributed by atoms with Gasteiger partial charge in [0.25, 0.3) is 11.9 Å². The molecule has 0 aliphatic carbocycles. The summed E-state index contributed by atoms with van der Waals surface area (Å²) in [6.07, 6.45) is 0. The fourth-order valence-corrected chi connectivity index (χ4v) is 5.56. The molecule has 0 radical (unpaired) electrons. The normalized spacial score (nSPS) is 23.7. The van der Waals surface area contributed by atoms with Gasteiger partial charge in [-0.15, -0.1) is 0 Å². The first-order chi connectivity index (χ1) is 16.3. The first-order valence-electron chi connectivity index (χ1n) is 10.7. The third-order valence-electron chi connectivity index (χ3n) is 6.73. The Balaban J connectivity index is 1.46. The number of likely N-dealkylation sites (tertiary alicyclic amines) is 1. The van der Waals surface area contributed by atoms with Crippen LogP contribution >= 0.6 is 23.2 Å². The number of nitrogens with zero attached hydrogens (tertiary/aromatic N) is 2. The number of para-hydroxylation sites is 1. The summed E-state index contributed by atoms with van der Waals surface area (Å²) in [4.78, 5) is 27.1. The van der Waals surface area contributed by atoms with Gasteiger partial charge in [-0.25, -0.2) is 0 Å². The van der Waals surface area contributed by atoms with Crippen molar-refractivity contribution in [3.05, 3.63) is 104 Å². The van der Waals surface area contributed by atoms with E-state index in [0.29, 0.717) is 45.8 Å². The fourth-order valence-electron chi connectivity index (χ4n) is 5.19. The molecular weight excluding hydrogens is 477 g/mol. The van der Waals surface area contributed by atoms with E-state index in [1.54, 1.807) is 66.5 Å². The van der Waals surface area contributed by atoms with Gasteiger partial charge in [-0.05, 0) is 48.5 Å². The van der Waals surface area contributed by atoms with Gasteiger partial charge < -0.3 is 10.1 Å². The SMILES string of the molecule is CN1C[C@H](c2ccc(OCc3ccc(Cl)cc3)c(Cl)c2)[C@@H]([N+](=O)[O-])[C@]12C(=O)Nc1ccccc12. The number of likely N-dealkylation sites (N-methyl/N-ethyl adjacent to an activating group) is 1. The topological polar surface area (TPSA) is 84.7 Å². The second-order valence-electron chi connectivity index (χ2n) is 8.59. The molecule has 0 saturated carbocycles. The molecule has 34 heavy (non-hydrogen) atoms. The number of hydrogen-bond acceptors (Lipinski definition) is 5. The Morgan fingerprint density at radius 2 is 1.88 bits per heavy atom. The minimum absolute atomic E-state index is 0.306. The van der Waals surface area contributed by atoms with E-state index in [1.165, 1.54) is 0 Å². The van der Waals surface area contributed by atoms with Crippen molar-refractivity contribution >= 4 is 34.8 Å². The number of anilines is 1. The first kappa shape index (κ1) is 22.7. The number of carbonyl (C=O) groups is 1. The lowest BCUT2D eigenvalue weighted by atomic mass is 9.79. The summed E-state index contributed by atoms with van der Waals surface area (Å²) in [5.74, 6) is -0.447. The van der Waals surface area contributed by atoms with Crippen LogP contribution in [0, 0.1) is 10.1 Å². The molecule has 1 spiro atoms. The van der Waals surface area contributed by atoms with Gasteiger partial charge in [-0.2, -0.15) is 0 Å². The molecule has 1 fully saturated rings. The van der Waals surface area contributed by atoms with Crippen molar-refractivity contribution in [3.63, 3.8) is 0 Å². The van der Waals surface area contributed by atoms with Crippen LogP contribution in [-0.2, 0) is 16.9 Å². The molecule has 5 rings (SSSR count). The van der Waals surface area contributed by atoms with Crippen molar-refractivity contribution in [1.82, 2.24) is 4.90 Å². The zero-order valence-corrected chi connectivity index (χ0v) is 19.7. The largest absolute Gasteiger partial charge is 0.487 e. The Morgan fingerprint density at radius 1 is 1.15 bits per heavy atom. The number of nitro groups is 1. The van der Waals surface area contributed by atoms with Crippen LogP contribution in [0.25, 0.3) is 0 Å². The molecule has 1 amide bonds. The lowest BCUT2D eigenvalue weighted by Crippen LogP contribution is -2.54. The lowest BCUT2D eigenvalue weighted by molar-refractivity contribution is -0.534. The molecular formula is C25H21Cl2N3O4. The highest BCUT2D eigenvalue weighted by Gasteiger charge is 2.68. The van der Waals surface area contributed by atoms with E-state index in [1.807, 2.05) is 12.1 Å². The van der Waals surface area contributed by atoms with Crippen molar-refractivity contribution in [1.29, 1.82) is 0 Å². The quantitative estimate of drug-likeness (QED) is 0.391. The van der Waals surface area contributed by atoms with E-state index in [4.69, 9.17) is 27.9 Å². The van der Waals surface area contributed by atoms with Crippen molar-refractivity contribution in [3.8, 4) is 5.75 Å². The molecule has 1 N–H and O–H groups in total. The van der Waals surface area contributed by atoms with E-state index >= 15 is 0 Å². The standard InChI is InChI=1S/C25H21Cl2N3O4/c1-29-13-18(23(30(32)33)25(29)19-4-2-3-5-21(19)28-24(25)31)16-8-11-22(20(27)12-16)34-14-15-6-9-17(26)10-7-15/h2-12,18,23H,13-14H2,1H3,(H,28,31)/t18-,23-,25-/m1/s1. The molecule has 2 aliphatic rings. The second-order valence-corrected chi connectivity index (χ2v) is 9.43. The number of halogens is 2. The monoisotopic (exact) mass is 497 g/mol. The fraction of sp³-hybridized carbons (Fsp3) is 0.240. The summed E-state index contributed by atoms with van der Waals surface area (Å²) in [7, 11) is 1.75. The highest BCUT2D eigenvalue weighted by molar-refractivity contribution is 6.32. The molecule has 174 valence electrons. The van der Waals surface area contributed by atoms with Gasteiger partial charge in [0.2, 0.25) is 0 Å². The van der Waals surface area contributed by atoms with Crippen molar-refractivity contribution in [2.75, 3.05) is 18.9 Å². The number of fused-ring (bicyclic) bond motifs is 2. The summed E-state index contributed by atoms with van der Waals surface area (Å²) < 4.78 is 5.85. The number of hydrogen-bond donors (Lipinski definition) is 1. The molecule has 2 aliphatic heterocycles. The van der Waals surface area contributed by atoms with Crippen LogP contribution in [0.5, 0.6) is 5.75 Å². The Bertz CT molecular complexity index is 1280. The third kappa shape index (κ3) is 3.52. The van der Waals surface area contributed by atoms with Gasteiger partial charge in [0.05, 0.1) is 10.9 Å². The molecule has 0 aromatic heterocycles. The van der Waals surface area contributed by atoms with Crippen LogP contribution in [0.3, 0.4) is 0 Å². The van der Waals surface area contributed by atoms with Gasteiger partial charge in [-0.1, -0.05) is 59.6 Å². The van der Waals surface area contributed by atoms with Crippen LogP contribution in [0.2, 0.25) is 10.0 Å². The molecule has 0 bridgehead atoms. The second kappa shape index (κ2) is 8.58. The van der Waals surface area contributed by atoms with Crippen molar-refractivity contribution in [2.45, 2.75) is 24.1 Å². The van der Waals surface area contributed by atoms with Crippen molar-refractivity contribution < 1.29 is 14.5 Å². The molecule has 3 aromatic carbocycles. The Morgan fingerprint density at radius 3 is 2.59 bits per heavy atom. The number of ether oxygens (including phenoxy) is 1. The number of carbonyl (C=O) groups excluding carboxylic acids is 1. The van der Waals surface area contributed by atoms with Crippen LogP contribution in [0.15, 0.2) is 66.7 Å². The number of nitrogens with one attached hydrogen (secondary N) is 1. The molecule has 3 aromatic rings. The zero-order valence-electron chi connectivity index (χ0n) is 18.2. The zero-order chi connectivity index (χ0) is 24.0. The maximum Gasteiger partial charge on any atom is 0.256 e. The predicted octanol–water partition coefficient (Wildman–Crippen LogP) is 5.09. The first-order valence-corrected chi connectivity index (χ1v) is 11.5. The van der Waals surface area contributed by atoms with E-state index in [-0.39, 0.29) is 10.8 Å². The number of amides is 1. The van der Waals surface area contributed by atoms with E-state index in [2.05, 4.69) is 5.32 Å². The highest BCUT2D eigenvalue weighted by atomic mass is 35.5. The van der Waals surface area contributed by atoms with Crippen LogP contribution in [0.1, 0.15) is 22.6 Å². The lowest BCUT2D eigenvalue weighted by Gasteiger charge is -2.30. The minimum Gasteiger partial charge on any atom is -0.487 e. The maximum atomic E-state index is 13.2. The van der Waals surface area contributed by atoms with Crippen LogP contribution in [0.4, 0.5) is 5.69 Å². The Kier molecular flexibility index (Phi) is 5.72. The van der Waals surface area contributed by atoms with Gasteiger partial charge >= 0.3 is 0 Å². The molecule has 9 heteroatoms. The highest BCUT2D eigenvalue weighted by Crippen LogP contribution is 2.52. The predicted molar refractivity (Wildman–Crippen MR) is 130 cm³/mol. The third-order valence-corrected chi connectivity index (χ3v) is 7.28. The summed E-state index contributed by atoms with van der Waals surface area (Å²) in [6.45, 7) is 0.634. The summed E-state index contributed by atoms with van der Waals surface area (Å²) in [5, 5.41) is 16.2.